The number of rotatable bonds is 6. The summed E-state index contributed by atoms with van der Waals surface area (Å²) < 4.78 is 5.36. The van der Waals surface area contributed by atoms with Crippen molar-refractivity contribution in [3.8, 4) is 5.75 Å². The fraction of sp³-hybridized carbons (Fsp3) is 0.360. The van der Waals surface area contributed by atoms with Crippen molar-refractivity contribution in [3.05, 3.63) is 70.8 Å². The summed E-state index contributed by atoms with van der Waals surface area (Å²) in [5.41, 5.74) is 2.28. The summed E-state index contributed by atoms with van der Waals surface area (Å²) in [6.07, 6.45) is 2.36. The molecule has 31 heavy (non-hydrogen) atoms. The van der Waals surface area contributed by atoms with Crippen molar-refractivity contribution in [1.82, 2.24) is 10.6 Å². The Bertz CT molecular complexity index is 1040. The molecule has 0 spiro atoms. The maximum absolute atomic E-state index is 13.3. The topological polar surface area (TPSA) is 87.7 Å². The van der Waals surface area contributed by atoms with E-state index in [1.807, 2.05) is 18.2 Å². The van der Waals surface area contributed by atoms with E-state index in [4.69, 9.17) is 4.74 Å². The van der Waals surface area contributed by atoms with Gasteiger partial charge in [0.1, 0.15) is 5.75 Å². The first-order chi connectivity index (χ1) is 14.5. The van der Waals surface area contributed by atoms with Crippen LogP contribution in [-0.4, -0.2) is 41.6 Å². The highest BCUT2D eigenvalue weighted by molar-refractivity contribution is 6.15. The van der Waals surface area contributed by atoms with Gasteiger partial charge in [-0.3, -0.25) is 9.59 Å². The lowest BCUT2D eigenvalue weighted by Crippen LogP contribution is -2.46. The third-order valence-electron chi connectivity index (χ3n) is 5.27. The molecule has 0 saturated carbocycles. The van der Waals surface area contributed by atoms with E-state index < -0.39 is 11.4 Å². The van der Waals surface area contributed by atoms with Crippen LogP contribution in [0.4, 0.5) is 0 Å². The lowest BCUT2D eigenvalue weighted by molar-refractivity contribution is 0.0863. The lowest BCUT2D eigenvalue weighted by Gasteiger charge is -2.35. The minimum absolute atomic E-state index is 0.212. The Balaban J connectivity index is 2.01. The molecule has 0 radical (unpaired) electrons. The summed E-state index contributed by atoms with van der Waals surface area (Å²) in [7, 11) is 1.61. The number of amides is 1. The molecule has 1 aliphatic rings. The molecule has 0 saturated heterocycles. The van der Waals surface area contributed by atoms with Crippen molar-refractivity contribution >= 4 is 17.4 Å². The highest BCUT2D eigenvalue weighted by atomic mass is 16.5. The van der Waals surface area contributed by atoms with Crippen LogP contribution in [0.15, 0.2) is 48.5 Å². The van der Waals surface area contributed by atoms with Crippen LogP contribution in [0.3, 0.4) is 0 Å². The van der Waals surface area contributed by atoms with Gasteiger partial charge in [0.2, 0.25) is 0 Å². The Morgan fingerprint density at radius 2 is 1.87 bits per heavy atom. The molecule has 0 fully saturated rings. The summed E-state index contributed by atoms with van der Waals surface area (Å²) in [6.45, 7) is 7.38. The first-order valence-corrected chi connectivity index (χ1v) is 10.3. The average Bonchev–Trinajstić information content (AvgIpc) is 2.72. The van der Waals surface area contributed by atoms with Gasteiger partial charge < -0.3 is 20.5 Å². The number of carbonyl (C=O) groups is 2. The molecule has 0 aromatic heterocycles. The van der Waals surface area contributed by atoms with Gasteiger partial charge in [-0.05, 0) is 57.9 Å². The Morgan fingerprint density at radius 3 is 2.52 bits per heavy atom. The van der Waals surface area contributed by atoms with E-state index in [2.05, 4.69) is 24.5 Å². The molecule has 1 heterocycles. The lowest BCUT2D eigenvalue weighted by atomic mass is 9.85. The van der Waals surface area contributed by atoms with Gasteiger partial charge in [-0.25, -0.2) is 0 Å². The maximum atomic E-state index is 13.3. The van der Waals surface area contributed by atoms with Crippen molar-refractivity contribution in [3.63, 3.8) is 0 Å². The van der Waals surface area contributed by atoms with E-state index in [-0.39, 0.29) is 23.5 Å². The molecule has 3 N–H and O–H groups in total. The number of allylic oxidation sites excluding steroid dienone is 1. The van der Waals surface area contributed by atoms with Crippen LogP contribution in [0, 0.1) is 0 Å². The summed E-state index contributed by atoms with van der Waals surface area (Å²) in [4.78, 5) is 26.1. The zero-order valence-electron chi connectivity index (χ0n) is 18.7. The Kier molecular flexibility index (Phi) is 6.23. The first-order valence-electron chi connectivity index (χ1n) is 10.3. The number of benzene rings is 2. The molecule has 3 rings (SSSR count). The van der Waals surface area contributed by atoms with Crippen LogP contribution in [0.1, 0.15) is 59.5 Å². The minimum atomic E-state index is -0.795. The third kappa shape index (κ3) is 5.14. The molecule has 6 nitrogen and oxygen atoms in total. The first kappa shape index (κ1) is 22.6. The molecule has 2 aromatic carbocycles. The molecule has 6 heteroatoms. The standard InChI is InChI=1S/C25H30N2O4/c1-24(2)14-16-10-11-17(31-5)12-20(16)21(26-24)13-22(29)18-8-6-7-9-19(18)23(30)27-25(3,4)15-28/h6-13,26,28H,14-15H2,1-5H3,(H,27,30). The normalized spacial score (nSPS) is 16.3. The summed E-state index contributed by atoms with van der Waals surface area (Å²) in [5.74, 6) is 0.0338. The largest absolute Gasteiger partial charge is 0.497 e. The Hall–Kier alpha value is -3.12. The SMILES string of the molecule is COc1ccc2c(c1)C(=CC(=O)c1ccccc1C(=O)NC(C)(C)CO)NC(C)(C)C2. The minimum Gasteiger partial charge on any atom is -0.497 e. The predicted molar refractivity (Wildman–Crippen MR) is 121 cm³/mol. The van der Waals surface area contributed by atoms with Crippen molar-refractivity contribution in [2.75, 3.05) is 13.7 Å². The summed E-state index contributed by atoms with van der Waals surface area (Å²) in [6, 6.07) is 12.6. The molecule has 2 aromatic rings. The van der Waals surface area contributed by atoms with E-state index in [1.54, 1.807) is 51.3 Å². The summed E-state index contributed by atoms with van der Waals surface area (Å²) in [5, 5.41) is 15.7. The van der Waals surface area contributed by atoms with Gasteiger partial charge >= 0.3 is 0 Å². The van der Waals surface area contributed by atoms with Gasteiger partial charge in [0, 0.05) is 28.4 Å². The number of aliphatic hydroxyl groups excluding tert-OH is 1. The van der Waals surface area contributed by atoms with Gasteiger partial charge in [0.25, 0.3) is 5.91 Å². The van der Waals surface area contributed by atoms with Crippen LogP contribution in [0.5, 0.6) is 5.75 Å². The zero-order valence-corrected chi connectivity index (χ0v) is 18.7. The number of ketones is 1. The van der Waals surface area contributed by atoms with Crippen molar-refractivity contribution in [2.45, 2.75) is 45.2 Å². The van der Waals surface area contributed by atoms with Crippen molar-refractivity contribution in [2.24, 2.45) is 0 Å². The Labute approximate surface area is 183 Å². The molecule has 0 bridgehead atoms. The number of ether oxygens (including phenoxy) is 1. The molecule has 1 aliphatic heterocycles. The third-order valence-corrected chi connectivity index (χ3v) is 5.27. The van der Waals surface area contributed by atoms with Crippen LogP contribution < -0.4 is 15.4 Å². The van der Waals surface area contributed by atoms with Gasteiger partial charge in [0.05, 0.1) is 24.8 Å². The molecule has 164 valence electrons. The Morgan fingerprint density at radius 1 is 1.19 bits per heavy atom. The molecule has 0 aliphatic carbocycles. The van der Waals surface area contributed by atoms with E-state index in [0.717, 1.165) is 17.5 Å². The number of hydrogen-bond acceptors (Lipinski definition) is 5. The number of hydrogen-bond donors (Lipinski definition) is 3. The van der Waals surface area contributed by atoms with Crippen LogP contribution in [0.2, 0.25) is 0 Å². The van der Waals surface area contributed by atoms with Gasteiger partial charge in [-0.2, -0.15) is 0 Å². The highest BCUT2D eigenvalue weighted by Crippen LogP contribution is 2.32. The summed E-state index contributed by atoms with van der Waals surface area (Å²) >= 11 is 0. The highest BCUT2D eigenvalue weighted by Gasteiger charge is 2.29. The van der Waals surface area contributed by atoms with E-state index in [1.165, 1.54) is 0 Å². The zero-order chi connectivity index (χ0) is 22.8. The second-order valence-corrected chi connectivity index (χ2v) is 9.17. The monoisotopic (exact) mass is 422 g/mol. The number of fused-ring (bicyclic) bond motifs is 1. The fourth-order valence-electron chi connectivity index (χ4n) is 3.67. The molecule has 0 atom stereocenters. The van der Waals surface area contributed by atoms with E-state index in [9.17, 15) is 14.7 Å². The van der Waals surface area contributed by atoms with Gasteiger partial charge in [0.15, 0.2) is 5.78 Å². The fourth-order valence-corrected chi connectivity index (χ4v) is 3.67. The second kappa shape index (κ2) is 8.55. The van der Waals surface area contributed by atoms with Gasteiger partial charge in [-0.1, -0.05) is 24.3 Å². The van der Waals surface area contributed by atoms with Crippen molar-refractivity contribution < 1.29 is 19.4 Å². The van der Waals surface area contributed by atoms with Crippen LogP contribution in [-0.2, 0) is 6.42 Å². The molecular formula is C25H30N2O4. The molecular weight excluding hydrogens is 392 g/mol. The smallest absolute Gasteiger partial charge is 0.252 e. The van der Waals surface area contributed by atoms with E-state index >= 15 is 0 Å². The van der Waals surface area contributed by atoms with Crippen LogP contribution in [0.25, 0.3) is 5.70 Å². The predicted octanol–water partition coefficient (Wildman–Crippen LogP) is 3.34. The molecule has 0 unspecified atom stereocenters. The number of carbonyl (C=O) groups excluding carboxylic acids is 2. The molecule has 1 amide bonds. The average molecular weight is 423 g/mol. The number of methoxy groups -OCH3 is 1. The maximum Gasteiger partial charge on any atom is 0.252 e. The number of aliphatic hydroxyl groups is 1. The van der Waals surface area contributed by atoms with Gasteiger partial charge in [-0.15, -0.1) is 0 Å². The number of nitrogens with one attached hydrogen (secondary N) is 2. The van der Waals surface area contributed by atoms with Crippen molar-refractivity contribution in [1.29, 1.82) is 0 Å². The van der Waals surface area contributed by atoms with Crippen LogP contribution >= 0.6 is 0 Å². The second-order valence-electron chi connectivity index (χ2n) is 9.17. The van der Waals surface area contributed by atoms with E-state index in [0.29, 0.717) is 17.0 Å². The quantitative estimate of drug-likeness (QED) is 0.491.